The highest BCUT2D eigenvalue weighted by molar-refractivity contribution is 5.81. The van der Waals surface area contributed by atoms with E-state index in [9.17, 15) is 10.2 Å². The lowest BCUT2D eigenvalue weighted by Crippen LogP contribution is -2.38. The van der Waals surface area contributed by atoms with E-state index < -0.39 is 11.7 Å². The predicted octanol–water partition coefficient (Wildman–Crippen LogP) is 3.47. The number of aryl methyl sites for hydroxylation is 1. The van der Waals surface area contributed by atoms with Crippen molar-refractivity contribution >= 4 is 11.0 Å². The van der Waals surface area contributed by atoms with Crippen molar-refractivity contribution in [3.05, 3.63) is 35.6 Å². The van der Waals surface area contributed by atoms with Gasteiger partial charge in [0, 0.05) is 5.39 Å². The average Bonchev–Trinajstić information content (AvgIpc) is 2.84. The molecule has 2 N–H and O–H groups in total. The molecule has 3 rings (SSSR count). The second kappa shape index (κ2) is 4.66. The highest BCUT2D eigenvalue weighted by atomic mass is 16.4. The molecule has 1 aliphatic rings. The van der Waals surface area contributed by atoms with Crippen LogP contribution in [0.3, 0.4) is 0 Å². The maximum Gasteiger partial charge on any atom is 0.140 e. The minimum Gasteiger partial charge on any atom is -0.458 e. The molecule has 0 spiro atoms. The van der Waals surface area contributed by atoms with Gasteiger partial charge < -0.3 is 14.6 Å². The first-order chi connectivity index (χ1) is 9.10. The number of furan rings is 1. The second-order valence-corrected chi connectivity index (χ2v) is 5.71. The van der Waals surface area contributed by atoms with Crippen LogP contribution in [0.25, 0.3) is 11.0 Å². The smallest absolute Gasteiger partial charge is 0.140 e. The summed E-state index contributed by atoms with van der Waals surface area (Å²) < 4.78 is 5.77. The van der Waals surface area contributed by atoms with E-state index in [-0.39, 0.29) is 0 Å². The van der Waals surface area contributed by atoms with Crippen LogP contribution in [0.1, 0.15) is 49.5 Å². The number of para-hydroxylation sites is 1. The standard InChI is InChI=1S/C16H20O3/c1-11-6-5-7-12-10-13(19-14(11)12)15(17)16(18)8-3-2-4-9-16/h5-7,10,15,17-18H,2-4,8-9H2,1H3. The Bertz CT molecular complexity index is 579. The van der Waals surface area contributed by atoms with E-state index >= 15 is 0 Å². The Morgan fingerprint density at radius 1 is 1.21 bits per heavy atom. The average molecular weight is 260 g/mol. The third-order valence-corrected chi connectivity index (χ3v) is 4.26. The van der Waals surface area contributed by atoms with Crippen molar-refractivity contribution in [3.63, 3.8) is 0 Å². The van der Waals surface area contributed by atoms with Gasteiger partial charge in [-0.3, -0.25) is 0 Å². The normalized spacial score (nSPS) is 20.6. The van der Waals surface area contributed by atoms with Crippen LogP contribution >= 0.6 is 0 Å². The Morgan fingerprint density at radius 2 is 1.95 bits per heavy atom. The molecule has 0 saturated heterocycles. The van der Waals surface area contributed by atoms with E-state index in [4.69, 9.17) is 4.42 Å². The molecule has 2 aromatic rings. The van der Waals surface area contributed by atoms with Gasteiger partial charge in [-0.2, -0.15) is 0 Å². The van der Waals surface area contributed by atoms with Crippen molar-refractivity contribution in [2.45, 2.75) is 50.7 Å². The predicted molar refractivity (Wildman–Crippen MR) is 73.9 cm³/mol. The molecular weight excluding hydrogens is 240 g/mol. The van der Waals surface area contributed by atoms with E-state index in [2.05, 4.69) is 0 Å². The maximum absolute atomic E-state index is 10.6. The molecule has 0 radical (unpaired) electrons. The topological polar surface area (TPSA) is 53.6 Å². The van der Waals surface area contributed by atoms with Crippen LogP contribution in [0.2, 0.25) is 0 Å². The third-order valence-electron chi connectivity index (χ3n) is 4.26. The van der Waals surface area contributed by atoms with E-state index in [1.54, 1.807) is 0 Å². The Morgan fingerprint density at radius 3 is 2.63 bits per heavy atom. The SMILES string of the molecule is Cc1cccc2cc(C(O)C3(O)CCCCC3)oc12. The Balaban J connectivity index is 1.97. The number of aliphatic hydroxyl groups excluding tert-OH is 1. The summed E-state index contributed by atoms with van der Waals surface area (Å²) in [5.41, 5.74) is 0.822. The van der Waals surface area contributed by atoms with Crippen LogP contribution in [-0.2, 0) is 0 Å². The number of hydrogen-bond donors (Lipinski definition) is 2. The van der Waals surface area contributed by atoms with Gasteiger partial charge in [-0.1, -0.05) is 37.5 Å². The molecule has 1 atom stereocenters. The Kier molecular flexibility index (Phi) is 3.11. The third kappa shape index (κ3) is 2.17. The van der Waals surface area contributed by atoms with Gasteiger partial charge in [0.05, 0.1) is 5.60 Å². The molecule has 1 aliphatic carbocycles. The zero-order valence-corrected chi connectivity index (χ0v) is 11.2. The second-order valence-electron chi connectivity index (χ2n) is 5.71. The first-order valence-electron chi connectivity index (χ1n) is 7.00. The quantitative estimate of drug-likeness (QED) is 0.869. The van der Waals surface area contributed by atoms with Crippen LogP contribution in [-0.4, -0.2) is 15.8 Å². The van der Waals surface area contributed by atoms with Crippen LogP contribution in [0.5, 0.6) is 0 Å². The molecule has 1 aromatic heterocycles. The number of benzene rings is 1. The Labute approximate surface area is 112 Å². The van der Waals surface area contributed by atoms with Gasteiger partial charge in [0.2, 0.25) is 0 Å². The highest BCUT2D eigenvalue weighted by Gasteiger charge is 2.39. The molecule has 0 amide bonds. The first-order valence-corrected chi connectivity index (χ1v) is 7.00. The van der Waals surface area contributed by atoms with E-state index in [0.29, 0.717) is 18.6 Å². The summed E-state index contributed by atoms with van der Waals surface area (Å²) in [6.45, 7) is 1.98. The molecular formula is C16H20O3. The fraction of sp³-hybridized carbons (Fsp3) is 0.500. The van der Waals surface area contributed by atoms with E-state index in [1.807, 2.05) is 31.2 Å². The lowest BCUT2D eigenvalue weighted by Gasteiger charge is -2.35. The van der Waals surface area contributed by atoms with Gasteiger partial charge in [0.25, 0.3) is 0 Å². The number of aliphatic hydroxyl groups is 2. The van der Waals surface area contributed by atoms with E-state index in [1.165, 1.54) is 0 Å². The summed E-state index contributed by atoms with van der Waals surface area (Å²) in [5, 5.41) is 22.0. The van der Waals surface area contributed by atoms with Crippen LogP contribution < -0.4 is 0 Å². The fourth-order valence-electron chi connectivity index (χ4n) is 3.07. The van der Waals surface area contributed by atoms with Crippen molar-refractivity contribution in [1.82, 2.24) is 0 Å². The van der Waals surface area contributed by atoms with Gasteiger partial charge >= 0.3 is 0 Å². The highest BCUT2D eigenvalue weighted by Crippen LogP contribution is 2.40. The van der Waals surface area contributed by atoms with E-state index in [0.717, 1.165) is 35.8 Å². The number of hydrogen-bond acceptors (Lipinski definition) is 3. The van der Waals surface area contributed by atoms with Crippen LogP contribution in [0.4, 0.5) is 0 Å². The minimum atomic E-state index is -1.03. The molecule has 3 heteroatoms. The zero-order valence-electron chi connectivity index (χ0n) is 11.2. The Hall–Kier alpha value is -1.32. The summed E-state index contributed by atoms with van der Waals surface area (Å²) >= 11 is 0. The van der Waals surface area contributed by atoms with Crippen molar-refractivity contribution in [3.8, 4) is 0 Å². The monoisotopic (exact) mass is 260 g/mol. The molecule has 0 bridgehead atoms. The molecule has 1 aromatic carbocycles. The molecule has 1 heterocycles. The van der Waals surface area contributed by atoms with Crippen molar-refractivity contribution in [2.24, 2.45) is 0 Å². The summed E-state index contributed by atoms with van der Waals surface area (Å²) in [6.07, 6.45) is 3.42. The lowest BCUT2D eigenvalue weighted by molar-refractivity contribution is -0.106. The van der Waals surface area contributed by atoms with Gasteiger partial charge in [-0.15, -0.1) is 0 Å². The number of fused-ring (bicyclic) bond motifs is 1. The largest absolute Gasteiger partial charge is 0.458 e. The fourth-order valence-corrected chi connectivity index (χ4v) is 3.07. The van der Waals surface area contributed by atoms with Crippen LogP contribution in [0, 0.1) is 6.92 Å². The van der Waals surface area contributed by atoms with Crippen molar-refractivity contribution in [1.29, 1.82) is 0 Å². The van der Waals surface area contributed by atoms with Crippen molar-refractivity contribution in [2.75, 3.05) is 0 Å². The molecule has 1 saturated carbocycles. The first kappa shape index (κ1) is 12.7. The summed E-state index contributed by atoms with van der Waals surface area (Å²) in [6, 6.07) is 7.77. The molecule has 1 fully saturated rings. The minimum absolute atomic E-state index is 0.480. The molecule has 19 heavy (non-hydrogen) atoms. The summed E-state index contributed by atoms with van der Waals surface area (Å²) in [7, 11) is 0. The lowest BCUT2D eigenvalue weighted by atomic mass is 9.80. The summed E-state index contributed by atoms with van der Waals surface area (Å²) in [4.78, 5) is 0. The van der Waals surface area contributed by atoms with Gasteiger partial charge in [0.1, 0.15) is 17.4 Å². The molecule has 102 valence electrons. The molecule has 0 aliphatic heterocycles. The summed E-state index contributed by atoms with van der Waals surface area (Å²) in [5.74, 6) is 0.480. The number of rotatable bonds is 2. The van der Waals surface area contributed by atoms with Gasteiger partial charge in [-0.25, -0.2) is 0 Å². The van der Waals surface area contributed by atoms with Gasteiger partial charge in [-0.05, 0) is 31.4 Å². The van der Waals surface area contributed by atoms with Crippen molar-refractivity contribution < 1.29 is 14.6 Å². The molecule has 1 unspecified atom stereocenters. The van der Waals surface area contributed by atoms with Crippen LogP contribution in [0.15, 0.2) is 28.7 Å². The zero-order chi connectivity index (χ0) is 13.5. The van der Waals surface area contributed by atoms with Gasteiger partial charge in [0.15, 0.2) is 0 Å². The molecule has 3 nitrogen and oxygen atoms in total. The maximum atomic E-state index is 10.6.